The van der Waals surface area contributed by atoms with Crippen molar-refractivity contribution in [3.05, 3.63) is 83.4 Å². The fraction of sp³-hybridized carbons (Fsp3) is 0.333. The number of hydrogen-bond donors (Lipinski definition) is 1. The Morgan fingerprint density at radius 1 is 0.667 bits per heavy atom. The van der Waals surface area contributed by atoms with Crippen molar-refractivity contribution in [2.45, 2.75) is 33.6 Å². The normalized spacial score (nSPS) is 14.5. The van der Waals surface area contributed by atoms with Gasteiger partial charge in [-0.15, -0.1) is 0 Å². The van der Waals surface area contributed by atoms with Gasteiger partial charge in [0, 0.05) is 49.0 Å². The molecule has 0 aliphatic carbocycles. The van der Waals surface area contributed by atoms with Crippen LogP contribution in [0.1, 0.15) is 50.3 Å². The number of fused-ring (bicyclic) bond motifs is 2. The van der Waals surface area contributed by atoms with Crippen molar-refractivity contribution in [3.8, 4) is 0 Å². The summed E-state index contributed by atoms with van der Waals surface area (Å²) in [7, 11) is 0. The Labute approximate surface area is 181 Å². The third-order valence-electron chi connectivity index (χ3n) is 6.34. The van der Waals surface area contributed by atoms with Crippen LogP contribution in [0.4, 0.5) is 22.7 Å². The van der Waals surface area contributed by atoms with Gasteiger partial charge in [0.25, 0.3) is 0 Å². The molecule has 1 atom stereocenters. The average Bonchev–Trinajstić information content (AvgIpc) is 2.80. The molecule has 0 amide bonds. The summed E-state index contributed by atoms with van der Waals surface area (Å²) in [5, 5.41) is 3.74. The first-order valence-corrected chi connectivity index (χ1v) is 11.3. The molecule has 0 spiro atoms. The Morgan fingerprint density at radius 2 is 1.30 bits per heavy atom. The van der Waals surface area contributed by atoms with E-state index in [2.05, 4.69) is 110 Å². The summed E-state index contributed by atoms with van der Waals surface area (Å²) in [4.78, 5) is 5.01. The maximum Gasteiger partial charge on any atom is 0.0667 e. The van der Waals surface area contributed by atoms with E-state index >= 15 is 0 Å². The van der Waals surface area contributed by atoms with Crippen LogP contribution in [0.15, 0.2) is 66.7 Å². The molecule has 1 aliphatic heterocycles. The second kappa shape index (κ2) is 8.83. The van der Waals surface area contributed by atoms with Crippen molar-refractivity contribution in [1.29, 1.82) is 0 Å². The van der Waals surface area contributed by atoms with Gasteiger partial charge in [-0.2, -0.15) is 0 Å². The van der Waals surface area contributed by atoms with Crippen molar-refractivity contribution in [2.75, 3.05) is 41.3 Å². The number of benzene rings is 3. The summed E-state index contributed by atoms with van der Waals surface area (Å²) >= 11 is 0. The van der Waals surface area contributed by atoms with Crippen molar-refractivity contribution in [3.63, 3.8) is 0 Å². The number of nitrogens with one attached hydrogen (secondary N) is 1. The van der Waals surface area contributed by atoms with Crippen LogP contribution in [0, 0.1) is 0 Å². The van der Waals surface area contributed by atoms with Gasteiger partial charge in [0.1, 0.15) is 0 Å². The van der Waals surface area contributed by atoms with Gasteiger partial charge in [-0.3, -0.25) is 0 Å². The molecule has 3 aromatic carbocycles. The molecule has 30 heavy (non-hydrogen) atoms. The van der Waals surface area contributed by atoms with Crippen molar-refractivity contribution in [2.24, 2.45) is 0 Å². The van der Waals surface area contributed by atoms with Crippen LogP contribution in [0.2, 0.25) is 0 Å². The van der Waals surface area contributed by atoms with Gasteiger partial charge in [-0.05, 0) is 57.0 Å². The van der Waals surface area contributed by atoms with Gasteiger partial charge < -0.3 is 15.1 Å². The molecule has 4 rings (SSSR count). The first kappa shape index (κ1) is 20.3. The Morgan fingerprint density at radius 3 is 1.97 bits per heavy atom. The molecule has 0 bridgehead atoms. The van der Waals surface area contributed by atoms with Gasteiger partial charge in [0.15, 0.2) is 0 Å². The highest BCUT2D eigenvalue weighted by atomic mass is 15.2. The quantitative estimate of drug-likeness (QED) is 0.377. The lowest BCUT2D eigenvalue weighted by atomic mass is 9.79. The molecular weight excluding hydrogens is 366 g/mol. The van der Waals surface area contributed by atoms with Crippen LogP contribution in [-0.2, 0) is 0 Å². The molecule has 0 radical (unpaired) electrons. The molecular formula is C27H33N3. The minimum atomic E-state index is 0.213. The first-order chi connectivity index (χ1) is 14.7. The van der Waals surface area contributed by atoms with E-state index in [4.69, 9.17) is 0 Å². The molecule has 3 heteroatoms. The Bertz CT molecular complexity index is 988. The van der Waals surface area contributed by atoms with Crippen LogP contribution >= 0.6 is 0 Å². The van der Waals surface area contributed by atoms with Crippen LogP contribution in [0.25, 0.3) is 0 Å². The number of hydrogen-bond acceptors (Lipinski definition) is 3. The summed E-state index contributed by atoms with van der Waals surface area (Å²) < 4.78 is 0. The zero-order valence-corrected chi connectivity index (χ0v) is 18.7. The highest BCUT2D eigenvalue weighted by Gasteiger charge is 2.32. The predicted molar refractivity (Wildman–Crippen MR) is 131 cm³/mol. The van der Waals surface area contributed by atoms with E-state index in [1.165, 1.54) is 39.4 Å². The summed E-state index contributed by atoms with van der Waals surface area (Å²) in [6.07, 6.45) is 0. The molecule has 156 valence electrons. The smallest absolute Gasteiger partial charge is 0.0667 e. The van der Waals surface area contributed by atoms with E-state index < -0.39 is 0 Å². The standard InChI is InChI=1S/C27H33N3/c1-5-29(6-2)24-19-18-23-26(27(24)30(7-3)8-4)25(20-14-10-9-11-15-20)21-16-12-13-17-22(21)28-23/h9-19,25,28H,5-8H2,1-4H3. The fourth-order valence-corrected chi connectivity index (χ4v) is 4.84. The summed E-state index contributed by atoms with van der Waals surface area (Å²) in [5.41, 5.74) is 9.23. The first-order valence-electron chi connectivity index (χ1n) is 11.3. The monoisotopic (exact) mass is 399 g/mol. The minimum Gasteiger partial charge on any atom is -0.370 e. The van der Waals surface area contributed by atoms with Gasteiger partial charge in [0.2, 0.25) is 0 Å². The summed E-state index contributed by atoms with van der Waals surface area (Å²) in [6.45, 7) is 13.0. The molecule has 1 N–H and O–H groups in total. The third-order valence-corrected chi connectivity index (χ3v) is 6.34. The van der Waals surface area contributed by atoms with E-state index in [0.29, 0.717) is 0 Å². The van der Waals surface area contributed by atoms with Crippen LogP contribution < -0.4 is 15.1 Å². The molecule has 0 saturated heterocycles. The molecule has 1 unspecified atom stereocenters. The highest BCUT2D eigenvalue weighted by Crippen LogP contribution is 2.51. The predicted octanol–water partition coefficient (Wildman–Crippen LogP) is 6.62. The van der Waals surface area contributed by atoms with Crippen molar-refractivity contribution < 1.29 is 0 Å². The zero-order valence-electron chi connectivity index (χ0n) is 18.7. The number of nitrogens with zero attached hydrogens (tertiary/aromatic N) is 2. The summed E-state index contributed by atoms with van der Waals surface area (Å²) in [6, 6.07) is 24.3. The van der Waals surface area contributed by atoms with Crippen LogP contribution in [0.3, 0.4) is 0 Å². The number of para-hydroxylation sites is 1. The van der Waals surface area contributed by atoms with E-state index in [9.17, 15) is 0 Å². The number of anilines is 4. The van der Waals surface area contributed by atoms with Crippen molar-refractivity contribution >= 4 is 22.7 Å². The van der Waals surface area contributed by atoms with Gasteiger partial charge >= 0.3 is 0 Å². The molecule has 3 nitrogen and oxygen atoms in total. The maximum absolute atomic E-state index is 3.74. The van der Waals surface area contributed by atoms with Crippen LogP contribution in [-0.4, -0.2) is 26.2 Å². The van der Waals surface area contributed by atoms with Gasteiger partial charge in [-0.25, -0.2) is 0 Å². The zero-order chi connectivity index (χ0) is 21.1. The number of rotatable bonds is 7. The lowest BCUT2D eigenvalue weighted by Gasteiger charge is -2.38. The lowest BCUT2D eigenvalue weighted by Crippen LogP contribution is -2.31. The molecule has 3 aromatic rings. The second-order valence-corrected chi connectivity index (χ2v) is 7.80. The third kappa shape index (κ3) is 3.43. The average molecular weight is 400 g/mol. The molecule has 1 aliphatic rings. The topological polar surface area (TPSA) is 18.5 Å². The minimum absolute atomic E-state index is 0.213. The largest absolute Gasteiger partial charge is 0.370 e. The fourth-order valence-electron chi connectivity index (χ4n) is 4.84. The van der Waals surface area contributed by atoms with E-state index in [0.717, 1.165) is 26.2 Å². The second-order valence-electron chi connectivity index (χ2n) is 7.80. The Kier molecular flexibility index (Phi) is 5.98. The van der Waals surface area contributed by atoms with Gasteiger partial charge in [-0.1, -0.05) is 48.5 Å². The van der Waals surface area contributed by atoms with E-state index in [1.807, 2.05) is 0 Å². The molecule has 0 aromatic heterocycles. The Balaban J connectivity index is 2.04. The van der Waals surface area contributed by atoms with Gasteiger partial charge in [0.05, 0.1) is 11.4 Å². The molecule has 0 saturated carbocycles. The molecule has 0 fully saturated rings. The Hall–Kier alpha value is -2.94. The maximum atomic E-state index is 3.74. The van der Waals surface area contributed by atoms with Crippen LogP contribution in [0.5, 0.6) is 0 Å². The van der Waals surface area contributed by atoms with E-state index in [-0.39, 0.29) is 5.92 Å². The lowest BCUT2D eigenvalue weighted by molar-refractivity contribution is 0.818. The SMILES string of the molecule is CCN(CC)c1ccc2c(c1N(CC)CC)C(c1ccccc1)c1ccccc1N2. The highest BCUT2D eigenvalue weighted by molar-refractivity contribution is 5.88. The summed E-state index contributed by atoms with van der Waals surface area (Å²) in [5.74, 6) is 0.213. The van der Waals surface area contributed by atoms with E-state index in [1.54, 1.807) is 0 Å². The molecule has 1 heterocycles. The van der Waals surface area contributed by atoms with Crippen molar-refractivity contribution in [1.82, 2.24) is 0 Å².